The van der Waals surface area contributed by atoms with Crippen LogP contribution in [-0.2, 0) is 23.0 Å². The van der Waals surface area contributed by atoms with Crippen molar-refractivity contribution in [2.45, 2.75) is 37.1 Å². The first-order valence-corrected chi connectivity index (χ1v) is 13.9. The van der Waals surface area contributed by atoms with E-state index in [-0.39, 0.29) is 37.0 Å². The number of anilines is 1. The number of nitrogens with two attached hydrogens (primary N) is 1. The van der Waals surface area contributed by atoms with Crippen molar-refractivity contribution in [2.24, 2.45) is 0 Å². The number of imidazole rings is 1. The molecule has 0 radical (unpaired) electrons. The van der Waals surface area contributed by atoms with Gasteiger partial charge in [0.25, 0.3) is 0 Å². The van der Waals surface area contributed by atoms with Crippen LogP contribution in [0.1, 0.15) is 12.6 Å². The number of nitrogens with zero attached hydrogens (tertiary/aromatic N) is 3. The zero-order valence-corrected chi connectivity index (χ0v) is 19.4. The van der Waals surface area contributed by atoms with Crippen LogP contribution in [0.4, 0.5) is 5.95 Å². The SMILES string of the molecule is CO[C@H]1CSSC[C@@H]1O[PH]1(O)OC[C@H]2O[C@@H](n3cnc4c(=S)[nH]c(N)nc43)C[C@@H]2O1. The van der Waals surface area contributed by atoms with Crippen molar-refractivity contribution >= 4 is 59.1 Å². The molecule has 30 heavy (non-hydrogen) atoms. The number of ether oxygens (including phenoxy) is 2. The molecule has 2 aromatic heterocycles. The van der Waals surface area contributed by atoms with E-state index in [0.29, 0.717) is 28.0 Å². The van der Waals surface area contributed by atoms with E-state index < -0.39 is 14.4 Å². The van der Waals surface area contributed by atoms with Crippen molar-refractivity contribution in [3.63, 3.8) is 0 Å². The number of hydrogen-bond acceptors (Lipinski definition) is 12. The molecule has 2 aromatic rings. The predicted octanol–water partition coefficient (Wildman–Crippen LogP) is 1.97. The van der Waals surface area contributed by atoms with Crippen LogP contribution in [0.15, 0.2) is 6.33 Å². The number of nitrogens with one attached hydrogen (secondary N) is 1. The second-order valence-electron chi connectivity index (χ2n) is 7.13. The van der Waals surface area contributed by atoms with E-state index in [1.807, 2.05) is 0 Å². The molecule has 5 atom stereocenters. The first-order chi connectivity index (χ1) is 14.5. The molecule has 0 amide bonds. The van der Waals surface area contributed by atoms with Crippen molar-refractivity contribution < 1.29 is 27.9 Å². The zero-order chi connectivity index (χ0) is 20.9. The Kier molecular flexibility index (Phi) is 5.99. The van der Waals surface area contributed by atoms with Crippen LogP contribution in [0.2, 0.25) is 0 Å². The standard InChI is InChI=1S/C15H22N5O6PS3/c1-22-9-4-29-30-5-10(9)26-27(21)23-3-8-7(25-27)2-11(24-8)20-6-17-12-13(20)18-15(16)19-14(12)28/h6-11,21,27H,2-5H2,1H3,(H3,16,18,19,28)/t7-,8+,9-,10-,11+/m0/s1. The molecule has 0 spiro atoms. The van der Waals surface area contributed by atoms with E-state index in [1.54, 1.807) is 39.6 Å². The first kappa shape index (κ1) is 21.3. The molecule has 3 aliphatic rings. The Balaban J connectivity index is 1.31. The van der Waals surface area contributed by atoms with Crippen LogP contribution in [0, 0.1) is 4.64 Å². The van der Waals surface area contributed by atoms with Gasteiger partial charge < -0.3 is 0 Å². The molecule has 4 N–H and O–H groups in total. The van der Waals surface area contributed by atoms with Gasteiger partial charge in [0.1, 0.15) is 0 Å². The van der Waals surface area contributed by atoms with Crippen LogP contribution in [0.5, 0.6) is 0 Å². The first-order valence-electron chi connectivity index (χ1n) is 9.33. The van der Waals surface area contributed by atoms with Gasteiger partial charge in [-0.3, -0.25) is 0 Å². The normalized spacial score (nSPS) is 34.7. The number of nitrogen functional groups attached to an aromatic ring is 1. The number of aromatic amines is 1. The molecule has 11 nitrogen and oxygen atoms in total. The Hall–Kier alpha value is -0.540. The van der Waals surface area contributed by atoms with Gasteiger partial charge in [0.05, 0.1) is 0 Å². The maximum absolute atomic E-state index is 10.9. The van der Waals surface area contributed by atoms with E-state index >= 15 is 0 Å². The summed E-state index contributed by atoms with van der Waals surface area (Å²) in [4.78, 5) is 22.3. The van der Waals surface area contributed by atoms with Gasteiger partial charge in [0.2, 0.25) is 0 Å². The van der Waals surface area contributed by atoms with E-state index in [4.69, 9.17) is 41.0 Å². The second kappa shape index (κ2) is 8.43. The predicted molar refractivity (Wildman–Crippen MR) is 118 cm³/mol. The molecule has 166 valence electrons. The monoisotopic (exact) mass is 495 g/mol. The number of rotatable bonds is 4. The average Bonchev–Trinajstić information content (AvgIpc) is 3.31. The van der Waals surface area contributed by atoms with Gasteiger partial charge in [0.15, 0.2) is 0 Å². The molecular formula is C15H22N5O6PS3. The van der Waals surface area contributed by atoms with Gasteiger partial charge in [-0.2, -0.15) is 0 Å². The van der Waals surface area contributed by atoms with Crippen molar-refractivity contribution in [1.82, 2.24) is 19.5 Å². The summed E-state index contributed by atoms with van der Waals surface area (Å²) in [6, 6.07) is 0. The summed E-state index contributed by atoms with van der Waals surface area (Å²) in [5.41, 5.74) is 6.87. The number of hydrogen-bond donors (Lipinski definition) is 3. The van der Waals surface area contributed by atoms with E-state index in [9.17, 15) is 4.89 Å². The van der Waals surface area contributed by atoms with Crippen molar-refractivity contribution in [3.8, 4) is 0 Å². The molecular weight excluding hydrogens is 473 g/mol. The van der Waals surface area contributed by atoms with Crippen LogP contribution in [0.25, 0.3) is 11.2 Å². The quantitative estimate of drug-likeness (QED) is 0.325. The number of methoxy groups -OCH3 is 1. The third-order valence-electron chi connectivity index (χ3n) is 5.24. The van der Waals surface area contributed by atoms with Crippen molar-refractivity contribution in [2.75, 3.05) is 31.0 Å². The average molecular weight is 496 g/mol. The summed E-state index contributed by atoms with van der Waals surface area (Å²) in [6.45, 7) is 0.179. The number of aromatic nitrogens is 4. The van der Waals surface area contributed by atoms with Crippen molar-refractivity contribution in [3.05, 3.63) is 11.0 Å². The third-order valence-corrected chi connectivity index (χ3v) is 9.68. The minimum atomic E-state index is -3.82. The third kappa shape index (κ3) is 3.98. The topological polar surface area (TPSA) is 139 Å². The Bertz CT molecular complexity index is 995. The fraction of sp³-hybridized carbons (Fsp3) is 0.667. The Morgan fingerprint density at radius 2 is 2.17 bits per heavy atom. The molecule has 0 aromatic carbocycles. The Labute approximate surface area is 185 Å². The van der Waals surface area contributed by atoms with E-state index in [0.717, 1.165) is 5.75 Å². The van der Waals surface area contributed by atoms with Crippen molar-refractivity contribution in [1.29, 1.82) is 0 Å². The summed E-state index contributed by atoms with van der Waals surface area (Å²) in [5.74, 6) is 1.67. The molecule has 5 rings (SSSR count). The molecule has 0 bridgehead atoms. The molecule has 3 saturated heterocycles. The van der Waals surface area contributed by atoms with Gasteiger partial charge in [0, 0.05) is 0 Å². The summed E-state index contributed by atoms with van der Waals surface area (Å²) in [5, 5.41) is 0. The summed E-state index contributed by atoms with van der Waals surface area (Å²) in [6.07, 6.45) is 0.566. The van der Waals surface area contributed by atoms with Gasteiger partial charge in [-0.05, 0) is 0 Å². The summed E-state index contributed by atoms with van der Waals surface area (Å²) in [7, 11) is 1.22. The fourth-order valence-corrected chi connectivity index (χ4v) is 8.40. The van der Waals surface area contributed by atoms with Gasteiger partial charge in [-0.15, -0.1) is 0 Å². The van der Waals surface area contributed by atoms with Crippen LogP contribution in [-0.4, -0.2) is 74.1 Å². The fourth-order valence-electron chi connectivity index (χ4n) is 3.74. The molecule has 0 unspecified atom stereocenters. The molecule has 5 heterocycles. The summed E-state index contributed by atoms with van der Waals surface area (Å²) >= 11 is 5.26. The molecule has 3 fully saturated rings. The molecule has 0 saturated carbocycles. The minimum absolute atomic E-state index is 0.122. The number of H-pyrrole nitrogens is 1. The van der Waals surface area contributed by atoms with E-state index in [2.05, 4.69) is 15.0 Å². The van der Waals surface area contributed by atoms with E-state index in [1.165, 1.54) is 0 Å². The second-order valence-corrected chi connectivity index (χ2v) is 11.9. The Morgan fingerprint density at radius 3 is 2.97 bits per heavy atom. The van der Waals surface area contributed by atoms with Crippen LogP contribution >= 0.6 is 42.0 Å². The molecule has 15 heteroatoms. The number of fused-ring (bicyclic) bond motifs is 2. The molecule has 0 aliphatic carbocycles. The van der Waals surface area contributed by atoms with Gasteiger partial charge >= 0.3 is 186 Å². The van der Waals surface area contributed by atoms with Crippen LogP contribution < -0.4 is 5.73 Å². The van der Waals surface area contributed by atoms with Crippen LogP contribution in [0.3, 0.4) is 0 Å². The summed E-state index contributed by atoms with van der Waals surface area (Å²) < 4.78 is 31.3. The maximum atomic E-state index is 10.9. The van der Waals surface area contributed by atoms with Gasteiger partial charge in [-0.1, -0.05) is 0 Å². The molecule has 3 aliphatic heterocycles. The Morgan fingerprint density at radius 1 is 1.37 bits per heavy atom. The van der Waals surface area contributed by atoms with Gasteiger partial charge in [-0.25, -0.2) is 0 Å². The zero-order valence-electron chi connectivity index (χ0n) is 15.9.